The molecule has 0 aromatic heterocycles. The van der Waals surface area contributed by atoms with Gasteiger partial charge in [-0.05, 0) is 74.2 Å². The van der Waals surface area contributed by atoms with E-state index in [1.54, 1.807) is 18.2 Å². The molecule has 7 heteroatoms. The molecular formula is C20H26N2O4S. The van der Waals surface area contributed by atoms with Gasteiger partial charge in [-0.2, -0.15) is 0 Å². The van der Waals surface area contributed by atoms with Gasteiger partial charge in [-0.1, -0.05) is 6.07 Å². The Morgan fingerprint density at radius 3 is 2.19 bits per heavy atom. The molecule has 0 spiro atoms. The summed E-state index contributed by atoms with van der Waals surface area (Å²) in [6, 6.07) is 8.74. The predicted octanol–water partition coefficient (Wildman–Crippen LogP) is 2.64. The van der Waals surface area contributed by atoms with E-state index >= 15 is 0 Å². The molecule has 27 heavy (non-hydrogen) atoms. The van der Waals surface area contributed by atoms with E-state index in [-0.39, 0.29) is 23.9 Å². The first-order valence-corrected chi connectivity index (χ1v) is 10.1. The summed E-state index contributed by atoms with van der Waals surface area (Å²) in [6.07, 6.45) is 0. The van der Waals surface area contributed by atoms with Gasteiger partial charge < -0.3 is 10.1 Å². The van der Waals surface area contributed by atoms with Crippen molar-refractivity contribution in [2.45, 2.75) is 32.6 Å². The number of rotatable bonds is 7. The molecule has 0 radical (unpaired) electrons. The van der Waals surface area contributed by atoms with Crippen molar-refractivity contribution in [2.75, 3.05) is 20.2 Å². The molecule has 0 aliphatic carbocycles. The summed E-state index contributed by atoms with van der Waals surface area (Å²) < 4.78 is 32.8. The van der Waals surface area contributed by atoms with Crippen molar-refractivity contribution in [3.63, 3.8) is 0 Å². The van der Waals surface area contributed by atoms with Crippen molar-refractivity contribution in [2.24, 2.45) is 0 Å². The topological polar surface area (TPSA) is 84.5 Å². The smallest absolute Gasteiger partial charge is 0.251 e. The van der Waals surface area contributed by atoms with E-state index in [9.17, 15) is 13.2 Å². The number of aryl methyl sites for hydroxylation is 4. The first-order valence-electron chi connectivity index (χ1n) is 8.66. The fourth-order valence-corrected chi connectivity index (χ4v) is 3.82. The summed E-state index contributed by atoms with van der Waals surface area (Å²) in [4.78, 5) is 12.3. The highest BCUT2D eigenvalue weighted by Crippen LogP contribution is 2.27. The van der Waals surface area contributed by atoms with Gasteiger partial charge in [0.2, 0.25) is 10.0 Å². The van der Waals surface area contributed by atoms with Crippen molar-refractivity contribution in [3.8, 4) is 5.75 Å². The number of benzene rings is 2. The Hall–Kier alpha value is -2.38. The third-order valence-electron chi connectivity index (χ3n) is 4.54. The minimum absolute atomic E-state index is 0.0784. The second-order valence-electron chi connectivity index (χ2n) is 6.54. The summed E-state index contributed by atoms with van der Waals surface area (Å²) in [7, 11) is -2.31. The normalized spacial score (nSPS) is 11.3. The van der Waals surface area contributed by atoms with E-state index < -0.39 is 10.0 Å². The molecule has 0 saturated heterocycles. The lowest BCUT2D eigenvalue weighted by molar-refractivity contribution is 0.0954. The molecule has 0 fully saturated rings. The summed E-state index contributed by atoms with van der Waals surface area (Å²) in [5.41, 5.74) is 4.51. The maximum absolute atomic E-state index is 12.6. The van der Waals surface area contributed by atoms with Gasteiger partial charge in [0.15, 0.2) is 0 Å². The van der Waals surface area contributed by atoms with Crippen LogP contribution in [0, 0.1) is 27.7 Å². The second kappa shape index (κ2) is 8.54. The van der Waals surface area contributed by atoms with Gasteiger partial charge in [0.25, 0.3) is 5.91 Å². The Kier molecular flexibility index (Phi) is 6.62. The molecule has 2 N–H and O–H groups in total. The van der Waals surface area contributed by atoms with Crippen LogP contribution in [-0.4, -0.2) is 34.5 Å². The van der Waals surface area contributed by atoms with Crippen LogP contribution in [0.3, 0.4) is 0 Å². The molecule has 0 unspecified atom stereocenters. The molecule has 146 valence electrons. The van der Waals surface area contributed by atoms with Crippen molar-refractivity contribution in [1.82, 2.24) is 10.0 Å². The highest BCUT2D eigenvalue weighted by atomic mass is 32.2. The third-order valence-corrected chi connectivity index (χ3v) is 6.02. The highest BCUT2D eigenvalue weighted by molar-refractivity contribution is 7.89. The van der Waals surface area contributed by atoms with Gasteiger partial charge in [0, 0.05) is 18.7 Å². The Morgan fingerprint density at radius 1 is 0.926 bits per heavy atom. The number of amides is 1. The second-order valence-corrected chi connectivity index (χ2v) is 8.28. The number of hydrogen-bond acceptors (Lipinski definition) is 4. The number of carbonyl (C=O) groups excluding carboxylic acids is 1. The lowest BCUT2D eigenvalue weighted by atomic mass is 10.1. The van der Waals surface area contributed by atoms with E-state index in [4.69, 9.17) is 4.74 Å². The Morgan fingerprint density at radius 2 is 1.56 bits per heavy atom. The zero-order valence-corrected chi connectivity index (χ0v) is 17.2. The molecule has 0 aliphatic rings. The summed E-state index contributed by atoms with van der Waals surface area (Å²) >= 11 is 0. The Balaban J connectivity index is 1.99. The molecule has 0 atom stereocenters. The molecule has 6 nitrogen and oxygen atoms in total. The number of hydrogen-bond donors (Lipinski definition) is 2. The van der Waals surface area contributed by atoms with E-state index in [0.717, 1.165) is 22.3 Å². The quantitative estimate of drug-likeness (QED) is 0.712. The largest absolute Gasteiger partial charge is 0.495 e. The third kappa shape index (κ3) is 5.08. The SMILES string of the molecule is COc1cc(C)c(C)cc1S(=O)(=O)NCCNC(=O)c1ccc(C)c(C)c1. The van der Waals surface area contributed by atoms with Crippen molar-refractivity contribution in [3.05, 3.63) is 58.1 Å². The van der Waals surface area contributed by atoms with E-state index in [1.165, 1.54) is 7.11 Å². The average molecular weight is 391 g/mol. The molecule has 2 aromatic carbocycles. The number of carbonyl (C=O) groups is 1. The molecule has 0 saturated carbocycles. The molecule has 2 rings (SSSR count). The van der Waals surface area contributed by atoms with Crippen molar-refractivity contribution < 1.29 is 17.9 Å². The predicted molar refractivity (Wildman–Crippen MR) is 106 cm³/mol. The molecule has 0 bridgehead atoms. The Labute approximate surface area is 161 Å². The summed E-state index contributed by atoms with van der Waals surface area (Å²) in [5, 5.41) is 2.72. The van der Waals surface area contributed by atoms with Gasteiger partial charge in [-0.3, -0.25) is 4.79 Å². The van der Waals surface area contributed by atoms with Crippen LogP contribution < -0.4 is 14.8 Å². The summed E-state index contributed by atoms with van der Waals surface area (Å²) in [5.74, 6) is 0.0609. The number of nitrogens with one attached hydrogen (secondary N) is 2. The first kappa shape index (κ1) is 20.9. The lowest BCUT2D eigenvalue weighted by Gasteiger charge is -2.13. The van der Waals surface area contributed by atoms with Crippen LogP contribution in [-0.2, 0) is 10.0 Å². The zero-order valence-electron chi connectivity index (χ0n) is 16.3. The van der Waals surface area contributed by atoms with Crippen molar-refractivity contribution in [1.29, 1.82) is 0 Å². The Bertz CT molecular complexity index is 953. The van der Waals surface area contributed by atoms with Gasteiger partial charge in [0.05, 0.1) is 7.11 Å². The van der Waals surface area contributed by atoms with Crippen LogP contribution in [0.5, 0.6) is 5.75 Å². The van der Waals surface area contributed by atoms with Crippen LogP contribution in [0.25, 0.3) is 0 Å². The fraction of sp³-hybridized carbons (Fsp3) is 0.350. The fourth-order valence-electron chi connectivity index (χ4n) is 2.56. The van der Waals surface area contributed by atoms with Crippen molar-refractivity contribution >= 4 is 15.9 Å². The van der Waals surface area contributed by atoms with Crippen LogP contribution in [0.15, 0.2) is 35.2 Å². The van der Waals surface area contributed by atoms with Gasteiger partial charge >= 0.3 is 0 Å². The number of methoxy groups -OCH3 is 1. The van der Waals surface area contributed by atoms with Gasteiger partial charge in [0.1, 0.15) is 10.6 Å². The molecule has 0 heterocycles. The minimum Gasteiger partial charge on any atom is -0.495 e. The molecule has 0 aliphatic heterocycles. The van der Waals surface area contributed by atoms with Gasteiger partial charge in [-0.15, -0.1) is 0 Å². The maximum Gasteiger partial charge on any atom is 0.251 e. The average Bonchev–Trinajstić information content (AvgIpc) is 2.62. The van der Waals surface area contributed by atoms with E-state index in [0.29, 0.717) is 11.3 Å². The van der Waals surface area contributed by atoms with E-state index in [2.05, 4.69) is 10.0 Å². The summed E-state index contributed by atoms with van der Waals surface area (Å²) in [6.45, 7) is 7.92. The van der Waals surface area contributed by atoms with Crippen LogP contribution in [0.2, 0.25) is 0 Å². The minimum atomic E-state index is -3.74. The van der Waals surface area contributed by atoms with Gasteiger partial charge in [-0.25, -0.2) is 13.1 Å². The first-order chi connectivity index (χ1) is 12.7. The maximum atomic E-state index is 12.6. The monoisotopic (exact) mass is 390 g/mol. The molecule has 2 aromatic rings. The molecular weight excluding hydrogens is 364 g/mol. The number of sulfonamides is 1. The highest BCUT2D eigenvalue weighted by Gasteiger charge is 2.20. The molecule has 1 amide bonds. The van der Waals surface area contributed by atoms with E-state index in [1.807, 2.05) is 39.8 Å². The standard InChI is InChI=1S/C20H26N2O4S/c1-13-6-7-17(10-14(13)2)20(23)21-8-9-22-27(24,25)19-12-16(4)15(3)11-18(19)26-5/h6-7,10-12,22H,8-9H2,1-5H3,(H,21,23). The van der Waals surface area contributed by atoms with Crippen LogP contribution in [0.1, 0.15) is 32.6 Å². The van der Waals surface area contributed by atoms with Crippen LogP contribution in [0.4, 0.5) is 0 Å². The number of ether oxygens (including phenoxy) is 1. The lowest BCUT2D eigenvalue weighted by Crippen LogP contribution is -2.34. The van der Waals surface area contributed by atoms with Crippen LogP contribution >= 0.6 is 0 Å². The zero-order chi connectivity index (χ0) is 20.2.